The van der Waals surface area contributed by atoms with Gasteiger partial charge in [-0.25, -0.2) is 0 Å². The van der Waals surface area contributed by atoms with Crippen LogP contribution in [-0.4, -0.2) is 29.1 Å². The van der Waals surface area contributed by atoms with Gasteiger partial charge in [-0.15, -0.1) is 11.3 Å². The second-order valence-electron chi connectivity index (χ2n) is 4.53. The van der Waals surface area contributed by atoms with Gasteiger partial charge in [-0.3, -0.25) is 0 Å². The van der Waals surface area contributed by atoms with Crippen LogP contribution in [0.25, 0.3) is 10.1 Å². The molecule has 1 aliphatic heterocycles. The number of hydrogen-bond acceptors (Lipinski definition) is 4. The summed E-state index contributed by atoms with van der Waals surface area (Å²) >= 11 is 12.4. The van der Waals surface area contributed by atoms with E-state index in [1.165, 1.54) is 32.2 Å². The molecule has 2 aromatic rings. The second kappa shape index (κ2) is 6.72. The predicted molar refractivity (Wildman–Crippen MR) is 92.1 cm³/mol. The van der Waals surface area contributed by atoms with Crippen molar-refractivity contribution in [3.8, 4) is 0 Å². The number of thiophene rings is 1. The van der Waals surface area contributed by atoms with Crippen molar-refractivity contribution in [2.24, 2.45) is 0 Å². The Morgan fingerprint density at radius 3 is 2.95 bits per heavy atom. The van der Waals surface area contributed by atoms with Gasteiger partial charge in [0.1, 0.15) is 0 Å². The molecule has 1 nitrogen and oxygen atoms in total. The lowest BCUT2D eigenvalue weighted by atomic mass is 10.2. The van der Waals surface area contributed by atoms with Crippen molar-refractivity contribution < 1.29 is 0 Å². The van der Waals surface area contributed by atoms with E-state index in [9.17, 15) is 0 Å². The molecule has 2 heterocycles. The largest absolute Gasteiger partial charge is 0.311 e. The number of halogens is 1. The molecule has 0 radical (unpaired) electrons. The highest BCUT2D eigenvalue weighted by Crippen LogP contribution is 2.35. The molecule has 0 spiro atoms. The molecule has 0 saturated carbocycles. The number of benzene rings is 1. The van der Waals surface area contributed by atoms with Crippen molar-refractivity contribution in [3.05, 3.63) is 34.2 Å². The van der Waals surface area contributed by atoms with E-state index in [0.717, 1.165) is 23.4 Å². The fourth-order valence-corrected chi connectivity index (χ4v) is 6.30. The first-order valence-corrected chi connectivity index (χ1v) is 9.80. The normalized spacial score (nSPS) is 19.9. The molecule has 5 heteroatoms. The van der Waals surface area contributed by atoms with E-state index >= 15 is 0 Å². The maximum Gasteiger partial charge on any atom is 0.0636 e. The Kier molecular flexibility index (Phi) is 4.98. The van der Waals surface area contributed by atoms with Gasteiger partial charge in [0.25, 0.3) is 0 Å². The van der Waals surface area contributed by atoms with Crippen LogP contribution in [0.2, 0.25) is 5.02 Å². The second-order valence-corrected chi connectivity index (χ2v) is 8.61. The molecule has 19 heavy (non-hydrogen) atoms. The number of nitrogens with one attached hydrogen (secondary N) is 1. The van der Waals surface area contributed by atoms with E-state index in [1.54, 1.807) is 11.3 Å². The monoisotopic (exact) mass is 329 g/mol. The zero-order valence-corrected chi connectivity index (χ0v) is 13.7. The Hall–Kier alpha value is 0.130. The summed E-state index contributed by atoms with van der Waals surface area (Å²) in [6.45, 7) is 1.97. The van der Waals surface area contributed by atoms with E-state index < -0.39 is 0 Å². The summed E-state index contributed by atoms with van der Waals surface area (Å²) in [6.07, 6.45) is 0. The molecule has 0 aliphatic carbocycles. The summed E-state index contributed by atoms with van der Waals surface area (Å²) in [7, 11) is 0. The maximum atomic E-state index is 6.44. The quantitative estimate of drug-likeness (QED) is 0.887. The van der Waals surface area contributed by atoms with Crippen molar-refractivity contribution >= 4 is 56.5 Å². The fourth-order valence-electron chi connectivity index (χ4n) is 2.18. The van der Waals surface area contributed by atoms with Crippen molar-refractivity contribution in [2.75, 3.05) is 23.8 Å². The van der Waals surface area contributed by atoms with Crippen LogP contribution >= 0.6 is 46.5 Å². The zero-order valence-electron chi connectivity index (χ0n) is 10.5. The van der Waals surface area contributed by atoms with Gasteiger partial charge in [-0.1, -0.05) is 29.8 Å². The van der Waals surface area contributed by atoms with E-state index in [2.05, 4.69) is 47.0 Å². The van der Waals surface area contributed by atoms with Crippen LogP contribution in [0.15, 0.2) is 24.3 Å². The highest BCUT2D eigenvalue weighted by Gasteiger charge is 2.14. The molecule has 1 N–H and O–H groups in total. The molecule has 1 fully saturated rings. The molecule has 1 saturated heterocycles. The number of thioether (sulfide) groups is 2. The highest BCUT2D eigenvalue weighted by atomic mass is 35.5. The molecule has 1 unspecified atom stereocenters. The Morgan fingerprint density at radius 2 is 2.16 bits per heavy atom. The van der Waals surface area contributed by atoms with E-state index in [1.807, 2.05) is 6.07 Å². The van der Waals surface area contributed by atoms with Crippen LogP contribution in [0.4, 0.5) is 0 Å². The first-order valence-electron chi connectivity index (χ1n) is 6.40. The summed E-state index contributed by atoms with van der Waals surface area (Å²) in [5.41, 5.74) is 0. The van der Waals surface area contributed by atoms with Crippen LogP contribution in [0, 0.1) is 0 Å². The van der Waals surface area contributed by atoms with Gasteiger partial charge >= 0.3 is 0 Å². The van der Waals surface area contributed by atoms with Gasteiger partial charge < -0.3 is 5.32 Å². The number of fused-ring (bicyclic) bond motifs is 1. The Balaban J connectivity index is 1.60. The minimum absolute atomic E-state index is 0.756. The summed E-state index contributed by atoms with van der Waals surface area (Å²) in [5, 5.41) is 6.44. The van der Waals surface area contributed by atoms with E-state index in [0.29, 0.717) is 0 Å². The Bertz CT molecular complexity index is 549. The van der Waals surface area contributed by atoms with Crippen LogP contribution in [0.3, 0.4) is 0 Å². The van der Waals surface area contributed by atoms with Crippen molar-refractivity contribution in [2.45, 2.75) is 11.8 Å². The minimum atomic E-state index is 0.756. The summed E-state index contributed by atoms with van der Waals surface area (Å²) in [6, 6.07) is 8.37. The van der Waals surface area contributed by atoms with Crippen LogP contribution in [-0.2, 0) is 6.54 Å². The van der Waals surface area contributed by atoms with E-state index in [-0.39, 0.29) is 0 Å². The van der Waals surface area contributed by atoms with Crippen molar-refractivity contribution in [1.82, 2.24) is 5.32 Å². The molecule has 0 bridgehead atoms. The third kappa shape index (κ3) is 3.42. The van der Waals surface area contributed by atoms with Crippen LogP contribution in [0.5, 0.6) is 0 Å². The van der Waals surface area contributed by atoms with Gasteiger partial charge in [-0.2, -0.15) is 23.5 Å². The van der Waals surface area contributed by atoms with Crippen LogP contribution in [0.1, 0.15) is 4.88 Å². The van der Waals surface area contributed by atoms with Gasteiger partial charge in [0.15, 0.2) is 0 Å². The fraction of sp³-hybridized carbons (Fsp3) is 0.429. The highest BCUT2D eigenvalue weighted by molar-refractivity contribution is 8.06. The summed E-state index contributed by atoms with van der Waals surface area (Å²) < 4.78 is 1.28. The van der Waals surface area contributed by atoms with Crippen LogP contribution < -0.4 is 5.32 Å². The predicted octanol–water partition coefficient (Wildman–Crippen LogP) is 4.49. The van der Waals surface area contributed by atoms with Gasteiger partial charge in [0.2, 0.25) is 0 Å². The Morgan fingerprint density at radius 1 is 1.26 bits per heavy atom. The first kappa shape index (κ1) is 14.1. The van der Waals surface area contributed by atoms with E-state index in [4.69, 9.17) is 11.6 Å². The van der Waals surface area contributed by atoms with Crippen molar-refractivity contribution in [1.29, 1.82) is 0 Å². The number of rotatable bonds is 4. The third-order valence-electron chi connectivity index (χ3n) is 3.14. The molecular weight excluding hydrogens is 314 g/mol. The van der Waals surface area contributed by atoms with Gasteiger partial charge in [-0.05, 0) is 6.07 Å². The summed E-state index contributed by atoms with van der Waals surface area (Å²) in [5.74, 6) is 3.88. The first-order chi connectivity index (χ1) is 9.34. The molecule has 1 atom stereocenters. The maximum absolute atomic E-state index is 6.44. The molecule has 1 aliphatic rings. The van der Waals surface area contributed by atoms with Gasteiger partial charge in [0, 0.05) is 50.6 Å². The zero-order chi connectivity index (χ0) is 13.1. The average molecular weight is 330 g/mol. The lowest BCUT2D eigenvalue weighted by Gasteiger charge is -2.21. The standard InChI is InChI=1S/C14H16ClNS3/c15-14-11-3-1-2-4-12(11)19-13(14)8-16-7-10-9-17-5-6-18-10/h1-4,10,16H,5-9H2. The molecule has 3 rings (SSSR count). The lowest BCUT2D eigenvalue weighted by molar-refractivity contribution is 0.693. The molecule has 1 aromatic carbocycles. The molecule has 1 aromatic heterocycles. The van der Waals surface area contributed by atoms with Crippen molar-refractivity contribution in [3.63, 3.8) is 0 Å². The topological polar surface area (TPSA) is 12.0 Å². The smallest absolute Gasteiger partial charge is 0.0636 e. The summed E-state index contributed by atoms with van der Waals surface area (Å²) in [4.78, 5) is 1.26. The molecule has 102 valence electrons. The molecule has 0 amide bonds. The van der Waals surface area contributed by atoms with Gasteiger partial charge in [0.05, 0.1) is 5.02 Å². The number of hydrogen-bond donors (Lipinski definition) is 1. The average Bonchev–Trinajstić information content (AvgIpc) is 2.78. The lowest BCUT2D eigenvalue weighted by Crippen LogP contribution is -2.28. The third-order valence-corrected chi connectivity index (χ3v) is 7.70. The minimum Gasteiger partial charge on any atom is -0.311 e. The SMILES string of the molecule is Clc1c(CNCC2CSCCS2)sc2ccccc12. The molecular formula is C14H16ClNS3. The Labute approximate surface area is 131 Å².